The molecule has 1 heterocycles. The van der Waals surface area contributed by atoms with Gasteiger partial charge in [-0.1, -0.05) is 25.1 Å². The van der Waals surface area contributed by atoms with Gasteiger partial charge in [0.2, 0.25) is 0 Å². The molecule has 0 amide bonds. The Morgan fingerprint density at radius 2 is 1.94 bits per heavy atom. The monoisotopic (exact) mass is 372 g/mol. The Kier molecular flexibility index (Phi) is 4.53. The number of para-hydroxylation sites is 1. The van der Waals surface area contributed by atoms with Gasteiger partial charge in [0.15, 0.2) is 0 Å². The zero-order valence-corrected chi connectivity index (χ0v) is 13.4. The van der Waals surface area contributed by atoms with E-state index in [0.717, 1.165) is 26.9 Å². The fraction of sp³-hybridized carbons (Fsp3) is 0.333. The van der Waals surface area contributed by atoms with Crippen LogP contribution in [-0.2, 0) is 6.54 Å². The van der Waals surface area contributed by atoms with E-state index in [0.29, 0.717) is 6.04 Å². The topological polar surface area (TPSA) is 42.7 Å². The summed E-state index contributed by atoms with van der Waals surface area (Å²) in [6, 6.07) is 6.37. The molecule has 4 nitrogen and oxygen atoms in total. The third-order valence-electron chi connectivity index (χ3n) is 2.46. The Morgan fingerprint density at radius 3 is 2.56 bits per heavy atom. The first kappa shape index (κ1) is 13.7. The smallest absolute Gasteiger partial charge is 0.0951 e. The molecule has 1 N–H and O–H groups in total. The number of halogens is 2. The Morgan fingerprint density at radius 1 is 1.28 bits per heavy atom. The van der Waals surface area contributed by atoms with Crippen molar-refractivity contribution in [1.29, 1.82) is 0 Å². The molecule has 0 unspecified atom stereocenters. The normalized spacial score (nSPS) is 11.2. The van der Waals surface area contributed by atoms with Gasteiger partial charge in [0.25, 0.3) is 0 Å². The van der Waals surface area contributed by atoms with Gasteiger partial charge >= 0.3 is 0 Å². The molecule has 2 rings (SSSR count). The zero-order chi connectivity index (χ0) is 13.1. The summed E-state index contributed by atoms with van der Waals surface area (Å²) in [5.74, 6) is 0. The van der Waals surface area contributed by atoms with E-state index in [1.54, 1.807) is 6.20 Å². The average Bonchev–Trinajstić information content (AvgIpc) is 2.74. The fourth-order valence-corrected chi connectivity index (χ4v) is 2.90. The van der Waals surface area contributed by atoms with Gasteiger partial charge in [0.05, 0.1) is 17.6 Å². The van der Waals surface area contributed by atoms with Crippen LogP contribution < -0.4 is 5.32 Å². The maximum absolute atomic E-state index is 4.15. The lowest BCUT2D eigenvalue weighted by Crippen LogP contribution is -2.23. The molecule has 2 aromatic rings. The van der Waals surface area contributed by atoms with Crippen LogP contribution in [0.15, 0.2) is 33.3 Å². The average molecular weight is 374 g/mol. The van der Waals surface area contributed by atoms with Gasteiger partial charge in [0, 0.05) is 21.5 Å². The molecule has 0 spiro atoms. The number of nitrogens with one attached hydrogen (secondary N) is 1. The summed E-state index contributed by atoms with van der Waals surface area (Å²) in [7, 11) is 0. The SMILES string of the molecule is CC(C)NCc1cnnn1-c1c(Br)cccc1Br. The standard InChI is InChI=1S/C12H14Br2N4/c1-8(2)15-6-9-7-16-17-18(9)12-10(13)4-3-5-11(12)14/h3-5,7-8,15H,6H2,1-2H3. The van der Waals surface area contributed by atoms with Crippen LogP contribution in [0, 0.1) is 0 Å². The summed E-state index contributed by atoms with van der Waals surface area (Å²) in [5.41, 5.74) is 1.99. The van der Waals surface area contributed by atoms with Gasteiger partial charge in [0.1, 0.15) is 0 Å². The number of hydrogen-bond donors (Lipinski definition) is 1. The Labute approximate surface area is 123 Å². The molecule has 0 aliphatic rings. The molecule has 0 bridgehead atoms. The maximum Gasteiger partial charge on any atom is 0.0951 e. The van der Waals surface area contributed by atoms with Gasteiger partial charge in [-0.2, -0.15) is 0 Å². The van der Waals surface area contributed by atoms with Crippen molar-refractivity contribution in [3.8, 4) is 5.69 Å². The molecule has 0 saturated heterocycles. The lowest BCUT2D eigenvalue weighted by atomic mass is 10.3. The summed E-state index contributed by atoms with van der Waals surface area (Å²) >= 11 is 7.09. The van der Waals surface area contributed by atoms with Gasteiger partial charge in [-0.25, -0.2) is 4.68 Å². The van der Waals surface area contributed by atoms with Crippen LogP contribution in [0.5, 0.6) is 0 Å². The molecule has 96 valence electrons. The van der Waals surface area contributed by atoms with Crippen LogP contribution in [0.4, 0.5) is 0 Å². The number of nitrogens with zero attached hydrogens (tertiary/aromatic N) is 3. The van der Waals surface area contributed by atoms with Crippen molar-refractivity contribution in [2.45, 2.75) is 26.4 Å². The van der Waals surface area contributed by atoms with E-state index in [1.165, 1.54) is 0 Å². The molecule has 1 aromatic carbocycles. The van der Waals surface area contributed by atoms with Crippen LogP contribution in [-0.4, -0.2) is 21.0 Å². The third kappa shape index (κ3) is 2.99. The second-order valence-corrected chi connectivity index (χ2v) is 5.95. The largest absolute Gasteiger partial charge is 0.309 e. The highest BCUT2D eigenvalue weighted by Crippen LogP contribution is 2.29. The minimum Gasteiger partial charge on any atom is -0.309 e. The Bertz CT molecular complexity index is 516. The molecular weight excluding hydrogens is 360 g/mol. The first-order valence-corrected chi connectivity index (χ1v) is 7.25. The lowest BCUT2D eigenvalue weighted by molar-refractivity contribution is 0.570. The molecule has 0 aliphatic heterocycles. The summed E-state index contributed by atoms with van der Waals surface area (Å²) in [6.45, 7) is 4.96. The number of rotatable bonds is 4. The quantitative estimate of drug-likeness (QED) is 0.894. The summed E-state index contributed by atoms with van der Waals surface area (Å²) in [6.07, 6.45) is 1.78. The molecule has 6 heteroatoms. The van der Waals surface area contributed by atoms with Gasteiger partial charge in [-0.3, -0.25) is 0 Å². The van der Waals surface area contributed by atoms with Crippen molar-refractivity contribution < 1.29 is 0 Å². The van der Waals surface area contributed by atoms with Gasteiger partial charge in [-0.05, 0) is 44.0 Å². The molecule has 0 radical (unpaired) electrons. The van der Waals surface area contributed by atoms with Crippen molar-refractivity contribution in [3.63, 3.8) is 0 Å². The first-order valence-electron chi connectivity index (χ1n) is 5.67. The predicted octanol–water partition coefficient (Wildman–Crippen LogP) is 3.29. The molecule has 0 atom stereocenters. The third-order valence-corrected chi connectivity index (χ3v) is 3.74. The highest BCUT2D eigenvalue weighted by atomic mass is 79.9. The molecule has 0 saturated carbocycles. The Hall–Kier alpha value is -0.720. The zero-order valence-electron chi connectivity index (χ0n) is 10.2. The summed E-state index contributed by atoms with van der Waals surface area (Å²) in [5, 5.41) is 11.5. The van der Waals surface area contributed by atoms with Crippen LogP contribution >= 0.6 is 31.9 Å². The van der Waals surface area contributed by atoms with E-state index in [4.69, 9.17) is 0 Å². The Balaban J connectivity index is 2.36. The van der Waals surface area contributed by atoms with Crippen molar-refractivity contribution in [2.75, 3.05) is 0 Å². The van der Waals surface area contributed by atoms with E-state index in [9.17, 15) is 0 Å². The maximum atomic E-state index is 4.15. The second-order valence-electron chi connectivity index (χ2n) is 4.24. The molecule has 0 aliphatic carbocycles. The number of aromatic nitrogens is 3. The van der Waals surface area contributed by atoms with E-state index < -0.39 is 0 Å². The fourth-order valence-electron chi connectivity index (χ4n) is 1.57. The number of benzene rings is 1. The van der Waals surface area contributed by atoms with E-state index >= 15 is 0 Å². The van der Waals surface area contributed by atoms with Crippen molar-refractivity contribution in [3.05, 3.63) is 39.0 Å². The minimum absolute atomic E-state index is 0.427. The van der Waals surface area contributed by atoms with Gasteiger partial charge in [-0.15, -0.1) is 5.10 Å². The molecule has 0 fully saturated rings. The van der Waals surface area contributed by atoms with E-state index in [-0.39, 0.29) is 0 Å². The van der Waals surface area contributed by atoms with Crippen LogP contribution in [0.3, 0.4) is 0 Å². The van der Waals surface area contributed by atoms with Crippen molar-refractivity contribution in [1.82, 2.24) is 20.3 Å². The predicted molar refractivity (Wildman–Crippen MR) is 78.7 cm³/mol. The highest BCUT2D eigenvalue weighted by molar-refractivity contribution is 9.11. The van der Waals surface area contributed by atoms with Crippen LogP contribution in [0.1, 0.15) is 19.5 Å². The van der Waals surface area contributed by atoms with E-state index in [2.05, 4.69) is 61.3 Å². The highest BCUT2D eigenvalue weighted by Gasteiger charge is 2.12. The van der Waals surface area contributed by atoms with Crippen molar-refractivity contribution in [2.24, 2.45) is 0 Å². The summed E-state index contributed by atoms with van der Waals surface area (Å²) in [4.78, 5) is 0. The lowest BCUT2D eigenvalue weighted by Gasteiger charge is -2.12. The van der Waals surface area contributed by atoms with Crippen molar-refractivity contribution >= 4 is 31.9 Å². The first-order chi connectivity index (χ1) is 8.59. The van der Waals surface area contributed by atoms with Crippen LogP contribution in [0.2, 0.25) is 0 Å². The van der Waals surface area contributed by atoms with Gasteiger partial charge < -0.3 is 5.32 Å². The number of hydrogen-bond acceptors (Lipinski definition) is 3. The second kappa shape index (κ2) is 5.95. The van der Waals surface area contributed by atoms with Crippen LogP contribution in [0.25, 0.3) is 5.69 Å². The van der Waals surface area contributed by atoms with E-state index in [1.807, 2.05) is 22.9 Å². The molecule has 18 heavy (non-hydrogen) atoms. The summed E-state index contributed by atoms with van der Waals surface area (Å²) < 4.78 is 3.80. The minimum atomic E-state index is 0.427. The molecule has 1 aromatic heterocycles. The molecular formula is C12H14Br2N4.